The maximum Gasteiger partial charge on any atom is 0.237 e. The molecule has 1 saturated carbocycles. The van der Waals surface area contributed by atoms with Crippen LogP contribution in [0.5, 0.6) is 0 Å². The van der Waals surface area contributed by atoms with E-state index >= 15 is 0 Å². The van der Waals surface area contributed by atoms with Gasteiger partial charge in [0.05, 0.1) is 12.6 Å². The maximum absolute atomic E-state index is 11.8. The number of rotatable bonds is 5. The molecule has 0 aromatic carbocycles. The highest BCUT2D eigenvalue weighted by molar-refractivity contribution is 5.81. The molecule has 0 aromatic heterocycles. The van der Waals surface area contributed by atoms with Gasteiger partial charge in [-0.2, -0.15) is 0 Å². The van der Waals surface area contributed by atoms with Crippen molar-refractivity contribution in [3.8, 4) is 0 Å². The van der Waals surface area contributed by atoms with Gasteiger partial charge in [0.1, 0.15) is 0 Å². The summed E-state index contributed by atoms with van der Waals surface area (Å²) in [7, 11) is 1.73. The van der Waals surface area contributed by atoms with Crippen molar-refractivity contribution in [3.63, 3.8) is 0 Å². The summed E-state index contributed by atoms with van der Waals surface area (Å²) >= 11 is 0. The van der Waals surface area contributed by atoms with Crippen LogP contribution < -0.4 is 10.6 Å². The Labute approximate surface area is 97.1 Å². The Bertz CT molecular complexity index is 241. The monoisotopic (exact) mass is 226 g/mol. The topological polar surface area (TPSA) is 50.4 Å². The van der Waals surface area contributed by atoms with Gasteiger partial charge in [0, 0.05) is 19.7 Å². The van der Waals surface area contributed by atoms with Gasteiger partial charge in [-0.1, -0.05) is 0 Å². The average molecular weight is 226 g/mol. The van der Waals surface area contributed by atoms with Gasteiger partial charge in [-0.05, 0) is 38.0 Å². The summed E-state index contributed by atoms with van der Waals surface area (Å²) in [5.74, 6) is 0.884. The number of hydrogen-bond acceptors (Lipinski definition) is 3. The second kappa shape index (κ2) is 5.64. The van der Waals surface area contributed by atoms with E-state index in [0.717, 1.165) is 31.7 Å². The summed E-state index contributed by atoms with van der Waals surface area (Å²) < 4.78 is 5.22. The van der Waals surface area contributed by atoms with Gasteiger partial charge in [-0.3, -0.25) is 4.79 Å². The van der Waals surface area contributed by atoms with Crippen LogP contribution >= 0.6 is 0 Å². The van der Waals surface area contributed by atoms with E-state index in [1.165, 1.54) is 12.8 Å². The fourth-order valence-electron chi connectivity index (χ4n) is 2.36. The minimum Gasteiger partial charge on any atom is -0.383 e. The number of amides is 1. The lowest BCUT2D eigenvalue weighted by Crippen LogP contribution is -2.49. The van der Waals surface area contributed by atoms with Crippen LogP contribution in [0.2, 0.25) is 0 Å². The number of carbonyl (C=O) groups excluding carboxylic acids is 1. The molecular formula is C12H22N2O2. The highest BCUT2D eigenvalue weighted by Gasteiger charge is 2.34. The van der Waals surface area contributed by atoms with Crippen LogP contribution in [0.25, 0.3) is 0 Å². The van der Waals surface area contributed by atoms with Crippen molar-refractivity contribution in [1.82, 2.24) is 10.6 Å². The Hall–Kier alpha value is -0.610. The number of carbonyl (C=O) groups is 1. The molecule has 1 aliphatic heterocycles. The van der Waals surface area contributed by atoms with Gasteiger partial charge in [0.25, 0.3) is 0 Å². The molecule has 2 fully saturated rings. The smallest absolute Gasteiger partial charge is 0.237 e. The van der Waals surface area contributed by atoms with Gasteiger partial charge in [-0.25, -0.2) is 0 Å². The van der Waals surface area contributed by atoms with Crippen molar-refractivity contribution >= 4 is 5.91 Å². The molecule has 16 heavy (non-hydrogen) atoms. The second-order valence-corrected chi connectivity index (χ2v) is 4.91. The summed E-state index contributed by atoms with van der Waals surface area (Å²) in [5, 5.41) is 6.43. The van der Waals surface area contributed by atoms with Gasteiger partial charge in [0.15, 0.2) is 0 Å². The fourth-order valence-corrected chi connectivity index (χ4v) is 2.36. The van der Waals surface area contributed by atoms with Crippen LogP contribution in [0.3, 0.4) is 0 Å². The van der Waals surface area contributed by atoms with Crippen molar-refractivity contribution in [2.24, 2.45) is 5.92 Å². The Morgan fingerprint density at radius 3 is 2.94 bits per heavy atom. The zero-order chi connectivity index (χ0) is 11.4. The molecule has 2 unspecified atom stereocenters. The summed E-state index contributed by atoms with van der Waals surface area (Å²) in [6, 6.07) is 0.349. The highest BCUT2D eigenvalue weighted by Crippen LogP contribution is 2.33. The molecule has 1 aliphatic carbocycles. The zero-order valence-electron chi connectivity index (χ0n) is 10.00. The SMILES string of the molecule is COCC(NC1CCCCNC1=O)C1CC1. The van der Waals surface area contributed by atoms with E-state index in [1.807, 2.05) is 0 Å². The first kappa shape index (κ1) is 11.9. The van der Waals surface area contributed by atoms with Crippen molar-refractivity contribution in [3.05, 3.63) is 0 Å². The number of ether oxygens (including phenoxy) is 1. The number of hydrogen-bond donors (Lipinski definition) is 2. The second-order valence-electron chi connectivity index (χ2n) is 4.91. The zero-order valence-corrected chi connectivity index (χ0v) is 10.00. The molecule has 0 spiro atoms. The van der Waals surface area contributed by atoms with Crippen LogP contribution in [0.1, 0.15) is 32.1 Å². The highest BCUT2D eigenvalue weighted by atomic mass is 16.5. The first-order valence-corrected chi connectivity index (χ1v) is 6.34. The molecule has 2 rings (SSSR count). The van der Waals surface area contributed by atoms with Crippen LogP contribution in [-0.2, 0) is 9.53 Å². The molecule has 2 N–H and O–H groups in total. The van der Waals surface area contributed by atoms with Crippen LogP contribution in [0.15, 0.2) is 0 Å². The Balaban J connectivity index is 1.86. The van der Waals surface area contributed by atoms with Crippen molar-refractivity contribution in [2.75, 3.05) is 20.3 Å². The molecule has 0 radical (unpaired) electrons. The molecular weight excluding hydrogens is 204 g/mol. The Morgan fingerprint density at radius 2 is 2.25 bits per heavy atom. The Morgan fingerprint density at radius 1 is 1.44 bits per heavy atom. The normalized spacial score (nSPS) is 28.3. The molecule has 2 aliphatic rings. The largest absolute Gasteiger partial charge is 0.383 e. The van der Waals surface area contributed by atoms with Crippen molar-refractivity contribution in [2.45, 2.75) is 44.2 Å². The minimum atomic E-state index is -0.0109. The maximum atomic E-state index is 11.8. The molecule has 0 aromatic rings. The van der Waals surface area contributed by atoms with E-state index in [0.29, 0.717) is 12.6 Å². The van der Waals surface area contributed by atoms with Gasteiger partial charge < -0.3 is 15.4 Å². The third-order valence-corrected chi connectivity index (χ3v) is 3.49. The third kappa shape index (κ3) is 3.19. The van der Waals surface area contributed by atoms with Crippen molar-refractivity contribution < 1.29 is 9.53 Å². The van der Waals surface area contributed by atoms with E-state index < -0.39 is 0 Å². The molecule has 4 heteroatoms. The Kier molecular flexibility index (Phi) is 4.18. The van der Waals surface area contributed by atoms with E-state index in [-0.39, 0.29) is 11.9 Å². The molecule has 4 nitrogen and oxygen atoms in total. The van der Waals surface area contributed by atoms with Gasteiger partial charge >= 0.3 is 0 Å². The lowest BCUT2D eigenvalue weighted by atomic mass is 10.1. The summed E-state index contributed by atoms with van der Waals surface area (Å²) in [6.45, 7) is 1.55. The molecule has 1 saturated heterocycles. The number of methoxy groups -OCH3 is 1. The summed E-state index contributed by atoms with van der Waals surface area (Å²) in [6.07, 6.45) is 5.73. The summed E-state index contributed by atoms with van der Waals surface area (Å²) in [5.41, 5.74) is 0. The average Bonchev–Trinajstić information content (AvgIpc) is 3.07. The van der Waals surface area contributed by atoms with E-state index in [1.54, 1.807) is 7.11 Å². The fraction of sp³-hybridized carbons (Fsp3) is 0.917. The summed E-state index contributed by atoms with van der Waals surface area (Å²) in [4.78, 5) is 11.8. The predicted octanol–water partition coefficient (Wildman–Crippen LogP) is 0.670. The molecule has 0 bridgehead atoms. The third-order valence-electron chi connectivity index (χ3n) is 3.49. The lowest BCUT2D eigenvalue weighted by molar-refractivity contribution is -0.123. The quantitative estimate of drug-likeness (QED) is 0.724. The minimum absolute atomic E-state index is 0.0109. The standard InChI is InChI=1S/C12H22N2O2/c1-16-8-11(9-5-6-9)14-10-4-2-3-7-13-12(10)15/h9-11,14H,2-8H2,1H3,(H,13,15). The molecule has 2 atom stereocenters. The first-order chi connectivity index (χ1) is 7.81. The van der Waals surface area contributed by atoms with Crippen LogP contribution in [0.4, 0.5) is 0 Å². The first-order valence-electron chi connectivity index (χ1n) is 6.34. The van der Waals surface area contributed by atoms with Crippen LogP contribution in [0, 0.1) is 5.92 Å². The van der Waals surface area contributed by atoms with E-state index in [4.69, 9.17) is 4.74 Å². The molecule has 92 valence electrons. The van der Waals surface area contributed by atoms with Gasteiger partial charge in [-0.15, -0.1) is 0 Å². The van der Waals surface area contributed by atoms with Crippen molar-refractivity contribution in [1.29, 1.82) is 0 Å². The predicted molar refractivity (Wildman–Crippen MR) is 62.2 cm³/mol. The molecule has 1 amide bonds. The molecule has 1 heterocycles. The van der Waals surface area contributed by atoms with Gasteiger partial charge in [0.2, 0.25) is 5.91 Å². The van der Waals surface area contributed by atoms with E-state index in [9.17, 15) is 4.79 Å². The van der Waals surface area contributed by atoms with E-state index in [2.05, 4.69) is 10.6 Å². The lowest BCUT2D eigenvalue weighted by Gasteiger charge is -2.23. The number of nitrogens with one attached hydrogen (secondary N) is 2. The van der Waals surface area contributed by atoms with Crippen LogP contribution in [-0.4, -0.2) is 38.3 Å².